The van der Waals surface area contributed by atoms with Crippen molar-refractivity contribution in [2.45, 2.75) is 116 Å². The maximum absolute atomic E-state index is 13.1. The van der Waals surface area contributed by atoms with Gasteiger partial charge in [0.25, 0.3) is 0 Å². The lowest BCUT2D eigenvalue weighted by atomic mass is 9.99. The molecule has 6 heteroatoms. The van der Waals surface area contributed by atoms with E-state index in [1.165, 1.54) is 0 Å². The Kier molecular flexibility index (Phi) is 10.6. The zero-order chi connectivity index (χ0) is 29.8. The number of fused-ring (bicyclic) bond motifs is 1. The molecule has 0 spiro atoms. The molecule has 0 aliphatic carbocycles. The Balaban J connectivity index is 2.58. The average Bonchev–Trinajstić information content (AvgIpc) is 2.76. The van der Waals surface area contributed by atoms with Crippen LogP contribution in [0.1, 0.15) is 94.2 Å². The summed E-state index contributed by atoms with van der Waals surface area (Å²) in [5.74, 6) is 3.59. The highest BCUT2D eigenvalue weighted by molar-refractivity contribution is 8.38. The molecule has 2 aromatic rings. The molecular weight excluding hydrogens is 506 g/mol. The van der Waals surface area contributed by atoms with Gasteiger partial charge in [0.15, 0.2) is 0 Å². The molecule has 39 heavy (non-hydrogen) atoms. The van der Waals surface area contributed by atoms with Gasteiger partial charge < -0.3 is 9.47 Å². The van der Waals surface area contributed by atoms with E-state index in [9.17, 15) is 9.59 Å². The number of nitrogens with zero attached hydrogens (tertiary/aromatic N) is 1. The van der Waals surface area contributed by atoms with E-state index in [4.69, 9.17) is 9.47 Å². The summed E-state index contributed by atoms with van der Waals surface area (Å²) in [5.41, 5.74) is 0.435. The van der Waals surface area contributed by atoms with Crippen molar-refractivity contribution >= 4 is 33.0 Å². The molecule has 0 unspecified atom stereocenters. The fraction of sp³-hybridized carbons (Fsp3) is 0.576. The van der Waals surface area contributed by atoms with Gasteiger partial charge in [-0.05, 0) is 97.4 Å². The van der Waals surface area contributed by atoms with Gasteiger partial charge in [0, 0.05) is 12.1 Å². The van der Waals surface area contributed by atoms with Gasteiger partial charge in [-0.2, -0.15) is 10.0 Å². The van der Waals surface area contributed by atoms with E-state index in [1.54, 1.807) is 41.5 Å². The normalized spacial score (nSPS) is 12.9. The molecule has 0 aliphatic rings. The molecule has 0 atom stereocenters. The number of hydrogen-bond acceptors (Lipinski definition) is 4. The molecule has 216 valence electrons. The van der Waals surface area contributed by atoms with Crippen LogP contribution in [0.25, 0.3) is 10.8 Å². The van der Waals surface area contributed by atoms with Crippen molar-refractivity contribution in [3.63, 3.8) is 0 Å². The number of rotatable bonds is 6. The van der Waals surface area contributed by atoms with E-state index in [1.807, 2.05) is 12.1 Å². The Bertz CT molecular complexity index is 1170. The van der Waals surface area contributed by atoms with Crippen molar-refractivity contribution < 1.29 is 19.1 Å². The summed E-state index contributed by atoms with van der Waals surface area (Å²) in [5, 5.41) is 7.37. The van der Waals surface area contributed by atoms with E-state index >= 15 is 0 Å². The minimum absolute atomic E-state index is 0.118. The standard InChI is InChI=1S/C33H49NO4S/c1-23(2)39(24(3)4,25(5)6)20-18-29-22-27-16-14-13-15-26(27)21-28(29)17-19-34(30(35)37-32(7,8)9)31(36)38-33(10,11)12/h13-16,21-25H,17,19H2,1-12H3. The van der Waals surface area contributed by atoms with Crippen LogP contribution >= 0.6 is 10.0 Å². The minimum Gasteiger partial charge on any atom is -0.443 e. The van der Waals surface area contributed by atoms with Crippen molar-refractivity contribution in [3.05, 3.63) is 47.5 Å². The zero-order valence-corrected chi connectivity index (χ0v) is 26.9. The number of imide groups is 1. The lowest BCUT2D eigenvalue weighted by molar-refractivity contribution is 0.00170. The van der Waals surface area contributed by atoms with E-state index in [2.05, 4.69) is 77.0 Å². The van der Waals surface area contributed by atoms with Gasteiger partial charge >= 0.3 is 12.2 Å². The molecule has 0 bridgehead atoms. The van der Waals surface area contributed by atoms with Crippen LogP contribution in [0.3, 0.4) is 0 Å². The topological polar surface area (TPSA) is 55.8 Å². The molecule has 0 aliphatic heterocycles. The van der Waals surface area contributed by atoms with Crippen LogP contribution in [0.2, 0.25) is 0 Å². The highest BCUT2D eigenvalue weighted by Crippen LogP contribution is 2.59. The smallest absolute Gasteiger partial charge is 0.419 e. The third kappa shape index (κ3) is 8.67. The van der Waals surface area contributed by atoms with Crippen molar-refractivity contribution in [2.75, 3.05) is 6.54 Å². The number of benzene rings is 2. The van der Waals surface area contributed by atoms with Crippen molar-refractivity contribution in [1.29, 1.82) is 0 Å². The molecule has 0 saturated heterocycles. The van der Waals surface area contributed by atoms with E-state index in [-0.39, 0.29) is 6.54 Å². The third-order valence-corrected chi connectivity index (χ3v) is 11.6. The number of ether oxygens (including phenoxy) is 2. The molecule has 0 aromatic heterocycles. The van der Waals surface area contributed by atoms with Crippen LogP contribution in [0, 0.1) is 11.2 Å². The molecule has 0 fully saturated rings. The summed E-state index contributed by atoms with van der Waals surface area (Å²) in [6, 6.07) is 12.5. The fourth-order valence-electron chi connectivity index (χ4n) is 4.86. The van der Waals surface area contributed by atoms with Gasteiger partial charge in [0.05, 0.1) is 0 Å². The fourth-order valence-corrected chi connectivity index (χ4v) is 9.12. The van der Waals surface area contributed by atoms with E-state index in [0.717, 1.165) is 26.8 Å². The average molecular weight is 556 g/mol. The van der Waals surface area contributed by atoms with Crippen molar-refractivity contribution in [2.24, 2.45) is 0 Å². The zero-order valence-electron chi connectivity index (χ0n) is 26.1. The van der Waals surface area contributed by atoms with Gasteiger partial charge in [-0.25, -0.2) is 14.5 Å². The maximum Gasteiger partial charge on any atom is 0.419 e. The first kappa shape index (κ1) is 32.6. The Morgan fingerprint density at radius 3 is 1.64 bits per heavy atom. The largest absolute Gasteiger partial charge is 0.443 e. The van der Waals surface area contributed by atoms with Crippen LogP contribution in [-0.2, 0) is 15.9 Å². The van der Waals surface area contributed by atoms with Gasteiger partial charge in [-0.1, -0.05) is 71.7 Å². The molecule has 0 radical (unpaired) electrons. The van der Waals surface area contributed by atoms with Gasteiger partial charge in [0.2, 0.25) is 0 Å². The second-order valence-corrected chi connectivity index (χ2v) is 17.4. The first-order valence-corrected chi connectivity index (χ1v) is 15.8. The molecule has 5 nitrogen and oxygen atoms in total. The summed E-state index contributed by atoms with van der Waals surface area (Å²) >= 11 is 0. The Hall–Kier alpha value is -2.65. The second-order valence-electron chi connectivity index (χ2n) is 12.9. The summed E-state index contributed by atoms with van der Waals surface area (Å²) < 4.78 is 11.1. The highest BCUT2D eigenvalue weighted by Gasteiger charge is 2.33. The molecule has 0 heterocycles. The minimum atomic E-state index is -1.23. The molecular formula is C33H49NO4S. The van der Waals surface area contributed by atoms with Gasteiger partial charge in [-0.3, -0.25) is 0 Å². The summed E-state index contributed by atoms with van der Waals surface area (Å²) in [7, 11) is -1.23. The predicted octanol–water partition coefficient (Wildman–Crippen LogP) is 8.89. The summed E-state index contributed by atoms with van der Waals surface area (Å²) in [6.45, 7) is 24.5. The van der Waals surface area contributed by atoms with Gasteiger partial charge in [-0.15, -0.1) is 0 Å². The molecule has 2 aromatic carbocycles. The predicted molar refractivity (Wildman–Crippen MR) is 167 cm³/mol. The summed E-state index contributed by atoms with van der Waals surface area (Å²) in [4.78, 5) is 27.2. The first-order valence-electron chi connectivity index (χ1n) is 13.9. The number of amides is 2. The van der Waals surface area contributed by atoms with Crippen molar-refractivity contribution in [1.82, 2.24) is 4.90 Å². The molecule has 2 amide bonds. The monoisotopic (exact) mass is 555 g/mol. The van der Waals surface area contributed by atoms with Crippen LogP contribution < -0.4 is 0 Å². The van der Waals surface area contributed by atoms with Crippen molar-refractivity contribution in [3.8, 4) is 11.2 Å². The third-order valence-electron chi connectivity index (χ3n) is 6.51. The lowest BCUT2D eigenvalue weighted by Crippen LogP contribution is -2.44. The quantitative estimate of drug-likeness (QED) is 0.334. The Morgan fingerprint density at radius 1 is 0.795 bits per heavy atom. The van der Waals surface area contributed by atoms with Crippen LogP contribution in [0.15, 0.2) is 36.4 Å². The maximum atomic E-state index is 13.1. The molecule has 0 saturated carbocycles. The highest BCUT2D eigenvalue weighted by atomic mass is 32.3. The lowest BCUT2D eigenvalue weighted by Gasteiger charge is -2.46. The molecule has 2 rings (SSSR count). The van der Waals surface area contributed by atoms with Crippen LogP contribution in [0.4, 0.5) is 9.59 Å². The van der Waals surface area contributed by atoms with Crippen LogP contribution in [-0.4, -0.2) is 50.6 Å². The SMILES string of the molecule is CC(C)S(C#Cc1cc2ccccc2cc1CCN(C(=O)OC(C)(C)C)C(=O)OC(C)(C)C)(C(C)C)C(C)C. The van der Waals surface area contributed by atoms with Crippen LogP contribution in [0.5, 0.6) is 0 Å². The number of carbonyl (C=O) groups excluding carboxylic acids is 2. The summed E-state index contributed by atoms with van der Waals surface area (Å²) in [6.07, 6.45) is -0.998. The second kappa shape index (κ2) is 12.7. The first-order chi connectivity index (χ1) is 17.9. The van der Waals surface area contributed by atoms with E-state index in [0.29, 0.717) is 22.2 Å². The Labute approximate surface area is 238 Å². The number of hydrogen-bond donors (Lipinski definition) is 0. The molecule has 0 N–H and O–H groups in total. The van der Waals surface area contributed by atoms with E-state index < -0.39 is 33.4 Å². The Morgan fingerprint density at radius 2 is 1.23 bits per heavy atom. The van der Waals surface area contributed by atoms with Gasteiger partial charge in [0.1, 0.15) is 11.2 Å². The number of carbonyl (C=O) groups is 2.